The summed E-state index contributed by atoms with van der Waals surface area (Å²) in [6, 6.07) is 7.29. The summed E-state index contributed by atoms with van der Waals surface area (Å²) < 4.78 is 11.7. The van der Waals surface area contributed by atoms with Crippen LogP contribution in [-0.4, -0.2) is 58.1 Å². The maximum atomic E-state index is 10.4. The molecule has 4 N–H and O–H groups in total. The Kier molecular flexibility index (Phi) is 16.4. The van der Waals surface area contributed by atoms with Crippen molar-refractivity contribution in [3.8, 4) is 5.75 Å². The second kappa shape index (κ2) is 19.0. The molecule has 2 rings (SSSR count). The van der Waals surface area contributed by atoms with E-state index >= 15 is 0 Å². The second-order valence-electron chi connectivity index (χ2n) is 10.4. The Hall–Kier alpha value is -1.18. The van der Waals surface area contributed by atoms with Crippen molar-refractivity contribution in [1.29, 1.82) is 0 Å². The summed E-state index contributed by atoms with van der Waals surface area (Å²) >= 11 is 0. The molecule has 0 aliphatic carbocycles. The number of benzene rings is 1. The van der Waals surface area contributed by atoms with Gasteiger partial charge in [-0.3, -0.25) is 0 Å². The number of aliphatic hydroxyl groups is 4. The number of aliphatic hydroxyl groups excluding tert-OH is 4. The van der Waals surface area contributed by atoms with Crippen molar-refractivity contribution < 1.29 is 29.9 Å². The van der Waals surface area contributed by atoms with Gasteiger partial charge in [0.05, 0.1) is 13.2 Å². The molecule has 1 unspecified atom stereocenters. The summed E-state index contributed by atoms with van der Waals surface area (Å²) in [5, 5.41) is 40.1. The van der Waals surface area contributed by atoms with Gasteiger partial charge in [0.1, 0.15) is 36.3 Å². The number of hydrogen-bond donors (Lipinski definition) is 4. The molecular weight excluding hydrogens is 456 g/mol. The van der Waals surface area contributed by atoms with E-state index < -0.39 is 37.1 Å². The van der Waals surface area contributed by atoms with E-state index in [1.54, 1.807) is 6.07 Å². The topological polar surface area (TPSA) is 99.4 Å². The maximum Gasteiger partial charge on any atom is 0.125 e. The third-order valence-electron chi connectivity index (χ3n) is 7.37. The van der Waals surface area contributed by atoms with Crippen molar-refractivity contribution in [3.63, 3.8) is 0 Å². The van der Waals surface area contributed by atoms with Gasteiger partial charge in [0.25, 0.3) is 0 Å². The van der Waals surface area contributed by atoms with Crippen LogP contribution in [0, 0.1) is 0 Å². The summed E-state index contributed by atoms with van der Waals surface area (Å²) in [6.45, 7) is 2.41. The summed E-state index contributed by atoms with van der Waals surface area (Å²) in [5.41, 5.74) is 0.617. The Balaban J connectivity index is 1.53. The molecule has 6 nitrogen and oxygen atoms in total. The zero-order chi connectivity index (χ0) is 26.0. The predicted molar refractivity (Wildman–Crippen MR) is 144 cm³/mol. The van der Waals surface area contributed by atoms with Gasteiger partial charge in [-0.15, -0.1) is 0 Å². The highest BCUT2D eigenvalue weighted by Gasteiger charge is 2.44. The van der Waals surface area contributed by atoms with Gasteiger partial charge in [0.15, 0.2) is 0 Å². The first-order valence-corrected chi connectivity index (χ1v) is 14.6. The highest BCUT2D eigenvalue weighted by Crippen LogP contribution is 2.36. The van der Waals surface area contributed by atoms with E-state index in [0.29, 0.717) is 17.9 Å². The normalized spacial score (nSPS) is 24.2. The fourth-order valence-corrected chi connectivity index (χ4v) is 5.04. The minimum absolute atomic E-state index is 0.441. The summed E-state index contributed by atoms with van der Waals surface area (Å²) in [6.07, 6.45) is 15.3. The maximum absolute atomic E-state index is 10.4. The van der Waals surface area contributed by atoms with E-state index in [2.05, 4.69) is 6.92 Å². The largest absolute Gasteiger partial charge is 0.493 e. The van der Waals surface area contributed by atoms with Crippen molar-refractivity contribution in [2.75, 3.05) is 13.2 Å². The van der Waals surface area contributed by atoms with Crippen LogP contribution in [0.4, 0.5) is 0 Å². The first-order valence-electron chi connectivity index (χ1n) is 14.6. The highest BCUT2D eigenvalue weighted by molar-refractivity contribution is 5.36. The van der Waals surface area contributed by atoms with Gasteiger partial charge < -0.3 is 29.9 Å². The van der Waals surface area contributed by atoms with Crippen LogP contribution in [0.5, 0.6) is 5.75 Å². The number of ether oxygens (including phenoxy) is 2. The van der Waals surface area contributed by atoms with Crippen LogP contribution < -0.4 is 4.74 Å². The minimum Gasteiger partial charge on any atom is -0.493 e. The Bertz CT molecular complexity index is 667. The zero-order valence-corrected chi connectivity index (χ0v) is 22.5. The molecule has 0 spiro atoms. The van der Waals surface area contributed by atoms with E-state index in [0.717, 1.165) is 12.8 Å². The van der Waals surface area contributed by atoms with Gasteiger partial charge in [-0.1, -0.05) is 121 Å². The van der Waals surface area contributed by atoms with Crippen molar-refractivity contribution in [3.05, 3.63) is 29.8 Å². The summed E-state index contributed by atoms with van der Waals surface area (Å²) in [5.74, 6) is 0.600. The Morgan fingerprint density at radius 2 is 1.17 bits per heavy atom. The third-order valence-corrected chi connectivity index (χ3v) is 7.37. The SMILES string of the molecule is CCCCCCCCCCCCCCCCCCOc1ccccc1C1O[C@H](CO)[C@@H](O)[C@H](O)[C@@H]1O. The lowest BCUT2D eigenvalue weighted by Gasteiger charge is -2.40. The summed E-state index contributed by atoms with van der Waals surface area (Å²) in [4.78, 5) is 0. The lowest BCUT2D eigenvalue weighted by Crippen LogP contribution is -2.55. The molecule has 5 atom stereocenters. The molecule has 6 heteroatoms. The fourth-order valence-electron chi connectivity index (χ4n) is 5.04. The third kappa shape index (κ3) is 11.1. The number of unbranched alkanes of at least 4 members (excludes halogenated alkanes) is 15. The molecule has 0 saturated carbocycles. The first kappa shape index (κ1) is 31.0. The van der Waals surface area contributed by atoms with Crippen LogP contribution in [0.2, 0.25) is 0 Å². The van der Waals surface area contributed by atoms with Crippen molar-refractivity contribution >= 4 is 0 Å². The molecule has 0 radical (unpaired) electrons. The van der Waals surface area contributed by atoms with Crippen molar-refractivity contribution in [2.45, 2.75) is 140 Å². The second-order valence-corrected chi connectivity index (χ2v) is 10.4. The van der Waals surface area contributed by atoms with Gasteiger partial charge in [-0.2, -0.15) is 0 Å². The number of hydrogen-bond acceptors (Lipinski definition) is 6. The lowest BCUT2D eigenvalue weighted by molar-refractivity contribution is -0.232. The van der Waals surface area contributed by atoms with Gasteiger partial charge in [0.2, 0.25) is 0 Å². The van der Waals surface area contributed by atoms with Gasteiger partial charge in [0, 0.05) is 5.56 Å². The summed E-state index contributed by atoms with van der Waals surface area (Å²) in [7, 11) is 0. The molecule has 1 aromatic rings. The lowest BCUT2D eigenvalue weighted by atomic mass is 9.91. The highest BCUT2D eigenvalue weighted by atomic mass is 16.5. The Morgan fingerprint density at radius 3 is 1.69 bits per heavy atom. The van der Waals surface area contributed by atoms with Gasteiger partial charge in [-0.25, -0.2) is 0 Å². The smallest absolute Gasteiger partial charge is 0.125 e. The number of rotatable bonds is 20. The van der Waals surface area contributed by atoms with E-state index in [9.17, 15) is 20.4 Å². The molecule has 1 saturated heterocycles. The molecule has 0 aromatic heterocycles. The molecular formula is C30H52O6. The zero-order valence-electron chi connectivity index (χ0n) is 22.5. The quantitative estimate of drug-likeness (QED) is 0.165. The van der Waals surface area contributed by atoms with E-state index in [4.69, 9.17) is 9.47 Å². The van der Waals surface area contributed by atoms with Gasteiger partial charge in [-0.05, 0) is 12.5 Å². The first-order chi connectivity index (χ1) is 17.6. The molecule has 0 amide bonds. The average Bonchev–Trinajstić information content (AvgIpc) is 2.89. The monoisotopic (exact) mass is 508 g/mol. The van der Waals surface area contributed by atoms with Crippen LogP contribution in [0.15, 0.2) is 24.3 Å². The molecule has 1 aromatic carbocycles. The van der Waals surface area contributed by atoms with E-state index in [1.165, 1.54) is 89.9 Å². The molecule has 1 aliphatic heterocycles. The van der Waals surface area contributed by atoms with Crippen LogP contribution in [0.25, 0.3) is 0 Å². The molecule has 208 valence electrons. The molecule has 1 fully saturated rings. The number of para-hydroxylation sites is 1. The molecule has 0 bridgehead atoms. The minimum atomic E-state index is -1.39. The van der Waals surface area contributed by atoms with Crippen molar-refractivity contribution in [1.82, 2.24) is 0 Å². The van der Waals surface area contributed by atoms with Crippen LogP contribution in [0.1, 0.15) is 121 Å². The predicted octanol–water partition coefficient (Wildman–Crippen LogP) is 5.84. The molecule has 1 heterocycles. The average molecular weight is 509 g/mol. The molecule has 36 heavy (non-hydrogen) atoms. The molecule has 1 aliphatic rings. The van der Waals surface area contributed by atoms with E-state index in [-0.39, 0.29) is 0 Å². The van der Waals surface area contributed by atoms with Gasteiger partial charge >= 0.3 is 0 Å². The van der Waals surface area contributed by atoms with Crippen LogP contribution in [-0.2, 0) is 4.74 Å². The van der Waals surface area contributed by atoms with E-state index in [1.807, 2.05) is 18.2 Å². The fraction of sp³-hybridized carbons (Fsp3) is 0.800. The standard InChI is InChI=1S/C30H52O6/c1-2-3-4-5-6-7-8-9-10-11-12-13-14-15-16-19-22-35-25-21-18-17-20-24(25)30-29(34)28(33)27(32)26(23-31)36-30/h17-18,20-21,26-34H,2-16,19,22-23H2,1H3/t26-,27-,28+,29+,30?/m1/s1. The van der Waals surface area contributed by atoms with Crippen LogP contribution in [0.3, 0.4) is 0 Å². The Morgan fingerprint density at radius 1 is 0.667 bits per heavy atom. The van der Waals surface area contributed by atoms with Crippen LogP contribution >= 0.6 is 0 Å². The van der Waals surface area contributed by atoms with Crippen molar-refractivity contribution in [2.24, 2.45) is 0 Å². The Labute approximate surface area is 219 Å².